The Morgan fingerprint density at radius 3 is 2.11 bits per heavy atom. The van der Waals surface area contributed by atoms with Crippen LogP contribution < -0.4 is 0 Å². The van der Waals surface area contributed by atoms with Crippen molar-refractivity contribution in [3.63, 3.8) is 0 Å². The van der Waals surface area contributed by atoms with Crippen LogP contribution in [0.2, 0.25) is 0 Å². The Bertz CT molecular complexity index is 530. The summed E-state index contributed by atoms with van der Waals surface area (Å²) in [6, 6.07) is 8.43. The second-order valence-corrected chi connectivity index (χ2v) is 4.67. The molecule has 0 amide bonds. The van der Waals surface area contributed by atoms with Gasteiger partial charge in [0.25, 0.3) is 0 Å². The van der Waals surface area contributed by atoms with Crippen LogP contribution in [0.1, 0.15) is 42.5 Å². The highest BCUT2D eigenvalue weighted by Gasteiger charge is 2.01. The number of rotatable bonds is 3. The van der Waals surface area contributed by atoms with Crippen molar-refractivity contribution in [3.05, 3.63) is 47.0 Å². The summed E-state index contributed by atoms with van der Waals surface area (Å²) in [6.07, 6.45) is 1.83. The number of nitrogens with zero attached hydrogens (tertiary/aromatic N) is 4. The van der Waals surface area contributed by atoms with Crippen LogP contribution in [0.4, 0.5) is 0 Å². The fourth-order valence-corrected chi connectivity index (χ4v) is 1.72. The summed E-state index contributed by atoms with van der Waals surface area (Å²) in [4.78, 5) is 0. The normalized spacial score (nSPS) is 11.6. The van der Waals surface area contributed by atoms with Crippen LogP contribution in [0.15, 0.2) is 29.4 Å². The van der Waals surface area contributed by atoms with Crippen LogP contribution in [0, 0.1) is 13.8 Å². The smallest absolute Gasteiger partial charge is 0.151 e. The molecule has 0 radical (unpaired) electrons. The number of benzene rings is 1. The minimum atomic E-state index is 0.554. The summed E-state index contributed by atoms with van der Waals surface area (Å²) in [5.41, 5.74) is 2.41. The lowest BCUT2D eigenvalue weighted by Crippen LogP contribution is -1.96. The standard InChI is InChI=1S/C14H18N4/c1-10(2)14-7-5-13(6-8-14)9-15-18-11(3)16-17-12(18)4/h5-10H,1-4H3. The molecule has 0 saturated heterocycles. The molecule has 18 heavy (non-hydrogen) atoms. The highest BCUT2D eigenvalue weighted by Crippen LogP contribution is 2.14. The third-order valence-electron chi connectivity index (χ3n) is 2.88. The topological polar surface area (TPSA) is 43.1 Å². The molecule has 0 aliphatic carbocycles. The highest BCUT2D eigenvalue weighted by molar-refractivity contribution is 5.79. The van der Waals surface area contributed by atoms with Gasteiger partial charge in [0, 0.05) is 0 Å². The summed E-state index contributed by atoms with van der Waals surface area (Å²) in [5.74, 6) is 2.14. The van der Waals surface area contributed by atoms with Crippen molar-refractivity contribution in [3.8, 4) is 0 Å². The zero-order valence-electron chi connectivity index (χ0n) is 11.3. The van der Waals surface area contributed by atoms with Gasteiger partial charge in [-0.25, -0.2) is 4.68 Å². The second kappa shape index (κ2) is 5.12. The molecular formula is C14H18N4. The van der Waals surface area contributed by atoms with E-state index in [0.29, 0.717) is 5.92 Å². The summed E-state index contributed by atoms with van der Waals surface area (Å²) in [6.45, 7) is 8.15. The highest BCUT2D eigenvalue weighted by atomic mass is 15.4. The number of hydrogen-bond acceptors (Lipinski definition) is 3. The van der Waals surface area contributed by atoms with E-state index in [9.17, 15) is 0 Å². The lowest BCUT2D eigenvalue weighted by Gasteiger charge is -2.04. The molecule has 2 aromatic rings. The van der Waals surface area contributed by atoms with Crippen LogP contribution in [-0.4, -0.2) is 21.1 Å². The second-order valence-electron chi connectivity index (χ2n) is 4.67. The van der Waals surface area contributed by atoms with E-state index in [-0.39, 0.29) is 0 Å². The molecule has 4 heteroatoms. The Balaban J connectivity index is 2.19. The molecular weight excluding hydrogens is 224 g/mol. The number of aromatic nitrogens is 3. The lowest BCUT2D eigenvalue weighted by molar-refractivity contribution is 0.799. The molecule has 4 nitrogen and oxygen atoms in total. The van der Waals surface area contributed by atoms with Crippen LogP contribution in [0.5, 0.6) is 0 Å². The fraction of sp³-hybridized carbons (Fsp3) is 0.357. The van der Waals surface area contributed by atoms with E-state index >= 15 is 0 Å². The van der Waals surface area contributed by atoms with Gasteiger partial charge in [0.2, 0.25) is 0 Å². The SMILES string of the molecule is Cc1nnc(C)n1N=Cc1ccc(C(C)C)cc1. The lowest BCUT2D eigenvalue weighted by atomic mass is 10.0. The predicted molar refractivity (Wildman–Crippen MR) is 73.0 cm³/mol. The van der Waals surface area contributed by atoms with Gasteiger partial charge in [0.15, 0.2) is 11.6 Å². The molecule has 0 saturated carbocycles. The molecule has 0 atom stereocenters. The van der Waals surface area contributed by atoms with Crippen molar-refractivity contribution in [2.24, 2.45) is 5.10 Å². The molecule has 94 valence electrons. The van der Waals surface area contributed by atoms with E-state index in [2.05, 4.69) is 53.4 Å². The molecule has 1 aromatic carbocycles. The first-order valence-electron chi connectivity index (χ1n) is 6.11. The molecule has 0 aliphatic heterocycles. The van der Waals surface area contributed by atoms with Gasteiger partial charge in [-0.05, 0) is 30.9 Å². The van der Waals surface area contributed by atoms with E-state index in [0.717, 1.165) is 17.2 Å². The zero-order valence-corrected chi connectivity index (χ0v) is 11.3. The maximum atomic E-state index is 4.38. The van der Waals surface area contributed by atoms with Gasteiger partial charge in [0.1, 0.15) is 0 Å². The largest absolute Gasteiger partial charge is 0.202 e. The molecule has 0 bridgehead atoms. The van der Waals surface area contributed by atoms with Crippen molar-refractivity contribution < 1.29 is 0 Å². The maximum absolute atomic E-state index is 4.38. The third kappa shape index (κ3) is 2.64. The molecule has 2 rings (SSSR count). The number of aryl methyl sites for hydroxylation is 2. The average Bonchev–Trinajstić information content (AvgIpc) is 2.67. The van der Waals surface area contributed by atoms with Gasteiger partial charge in [-0.1, -0.05) is 38.1 Å². The third-order valence-corrected chi connectivity index (χ3v) is 2.88. The van der Waals surface area contributed by atoms with Gasteiger partial charge in [-0.15, -0.1) is 10.2 Å². The Hall–Kier alpha value is -1.97. The Morgan fingerprint density at radius 2 is 1.61 bits per heavy atom. The molecule has 0 spiro atoms. The van der Waals surface area contributed by atoms with E-state index < -0.39 is 0 Å². The summed E-state index contributed by atoms with van der Waals surface area (Å²) in [5, 5.41) is 12.3. The molecule has 0 fully saturated rings. The Morgan fingerprint density at radius 1 is 1.06 bits per heavy atom. The van der Waals surface area contributed by atoms with Crippen LogP contribution in [0.3, 0.4) is 0 Å². The van der Waals surface area contributed by atoms with Crippen molar-refractivity contribution in [1.82, 2.24) is 14.9 Å². The minimum absolute atomic E-state index is 0.554. The van der Waals surface area contributed by atoms with Gasteiger partial charge >= 0.3 is 0 Å². The predicted octanol–water partition coefficient (Wildman–Crippen LogP) is 2.90. The monoisotopic (exact) mass is 242 g/mol. The van der Waals surface area contributed by atoms with Crippen LogP contribution >= 0.6 is 0 Å². The van der Waals surface area contributed by atoms with Gasteiger partial charge in [-0.2, -0.15) is 5.10 Å². The number of hydrogen-bond donors (Lipinski definition) is 0. The van der Waals surface area contributed by atoms with E-state index in [1.165, 1.54) is 5.56 Å². The van der Waals surface area contributed by atoms with Gasteiger partial charge < -0.3 is 0 Å². The van der Waals surface area contributed by atoms with Crippen molar-refractivity contribution in [2.75, 3.05) is 0 Å². The molecule has 0 aliphatic rings. The van der Waals surface area contributed by atoms with Gasteiger partial charge in [0.05, 0.1) is 6.21 Å². The first-order chi connectivity index (χ1) is 8.58. The Labute approximate surface area is 107 Å². The van der Waals surface area contributed by atoms with Crippen molar-refractivity contribution in [2.45, 2.75) is 33.6 Å². The summed E-state index contributed by atoms with van der Waals surface area (Å²) >= 11 is 0. The molecule has 0 unspecified atom stereocenters. The fourth-order valence-electron chi connectivity index (χ4n) is 1.72. The van der Waals surface area contributed by atoms with E-state index in [1.54, 1.807) is 4.68 Å². The first-order valence-corrected chi connectivity index (χ1v) is 6.11. The van der Waals surface area contributed by atoms with E-state index in [1.807, 2.05) is 20.1 Å². The first kappa shape index (κ1) is 12.5. The summed E-state index contributed by atoms with van der Waals surface area (Å²) < 4.78 is 1.73. The van der Waals surface area contributed by atoms with Crippen LogP contribution in [0.25, 0.3) is 0 Å². The van der Waals surface area contributed by atoms with Gasteiger partial charge in [-0.3, -0.25) is 0 Å². The minimum Gasteiger partial charge on any atom is -0.202 e. The summed E-state index contributed by atoms with van der Waals surface area (Å²) in [7, 11) is 0. The maximum Gasteiger partial charge on any atom is 0.151 e. The molecule has 1 aromatic heterocycles. The Kier molecular flexibility index (Phi) is 3.55. The average molecular weight is 242 g/mol. The van der Waals surface area contributed by atoms with Crippen LogP contribution in [-0.2, 0) is 0 Å². The quantitative estimate of drug-likeness (QED) is 0.777. The van der Waals surface area contributed by atoms with Crippen molar-refractivity contribution >= 4 is 6.21 Å². The molecule has 0 N–H and O–H groups in total. The zero-order chi connectivity index (χ0) is 13.1. The molecule has 1 heterocycles. The van der Waals surface area contributed by atoms with E-state index in [4.69, 9.17) is 0 Å². The van der Waals surface area contributed by atoms with Crippen molar-refractivity contribution in [1.29, 1.82) is 0 Å².